The number of fused-ring (bicyclic) bond motifs is 7. The Kier molecular flexibility index (Phi) is 2.65. The van der Waals surface area contributed by atoms with Crippen molar-refractivity contribution in [1.29, 1.82) is 0 Å². The second kappa shape index (κ2) is 4.77. The van der Waals surface area contributed by atoms with Gasteiger partial charge in [0.15, 0.2) is 0 Å². The molecule has 3 heteroatoms. The van der Waals surface area contributed by atoms with Crippen molar-refractivity contribution in [3.63, 3.8) is 0 Å². The van der Waals surface area contributed by atoms with E-state index in [4.69, 9.17) is 0 Å². The normalized spacial score (nSPS) is 34.5. The summed E-state index contributed by atoms with van der Waals surface area (Å²) in [4.78, 5) is 6.39. The molecule has 3 heterocycles. The second-order valence-corrected chi connectivity index (χ2v) is 9.39. The van der Waals surface area contributed by atoms with Crippen LogP contribution in [-0.2, 0) is 6.42 Å². The van der Waals surface area contributed by atoms with Crippen LogP contribution in [0, 0.1) is 11.7 Å². The SMILES string of the molecule is C=Cc1cc(F)c2c(c1)C1C3CC1(C3)N1[C@@H]2c2[nH]c3ccccc3c2C[C@@H]1C. The number of aromatic nitrogens is 1. The van der Waals surface area contributed by atoms with Crippen molar-refractivity contribution in [2.24, 2.45) is 5.92 Å². The minimum absolute atomic E-state index is 0.00230. The van der Waals surface area contributed by atoms with Gasteiger partial charge in [0.25, 0.3) is 0 Å². The van der Waals surface area contributed by atoms with Crippen molar-refractivity contribution in [1.82, 2.24) is 9.88 Å². The first-order valence-corrected chi connectivity index (χ1v) is 10.5. The molecule has 3 atom stereocenters. The van der Waals surface area contributed by atoms with Crippen LogP contribution in [0.3, 0.4) is 0 Å². The lowest BCUT2D eigenvalue weighted by molar-refractivity contribution is -0.209. The monoisotopic (exact) mass is 370 g/mol. The first-order chi connectivity index (χ1) is 13.6. The number of aromatic amines is 1. The minimum Gasteiger partial charge on any atom is -0.357 e. The lowest BCUT2D eigenvalue weighted by Gasteiger charge is -2.77. The highest BCUT2D eigenvalue weighted by Crippen LogP contribution is 2.75. The van der Waals surface area contributed by atoms with E-state index in [1.54, 1.807) is 12.1 Å². The summed E-state index contributed by atoms with van der Waals surface area (Å²) < 4.78 is 15.5. The van der Waals surface area contributed by atoms with E-state index in [1.807, 2.05) is 0 Å². The highest BCUT2D eigenvalue weighted by molar-refractivity contribution is 5.85. The van der Waals surface area contributed by atoms with Gasteiger partial charge in [-0.15, -0.1) is 0 Å². The summed E-state index contributed by atoms with van der Waals surface area (Å²) in [5.41, 5.74) is 7.08. The minimum atomic E-state index is -0.0674. The molecule has 1 N–H and O–H groups in total. The lowest BCUT2D eigenvalue weighted by atomic mass is 9.37. The van der Waals surface area contributed by atoms with Gasteiger partial charge in [-0.1, -0.05) is 36.9 Å². The number of nitrogens with one attached hydrogen (secondary N) is 1. The van der Waals surface area contributed by atoms with Crippen LogP contribution in [0.5, 0.6) is 0 Å². The average molecular weight is 370 g/mol. The smallest absolute Gasteiger partial charge is 0.129 e. The van der Waals surface area contributed by atoms with Crippen LogP contribution in [0.25, 0.3) is 17.0 Å². The van der Waals surface area contributed by atoms with Crippen molar-refractivity contribution >= 4 is 17.0 Å². The molecule has 0 saturated heterocycles. The number of H-pyrrole nitrogens is 1. The number of para-hydroxylation sites is 1. The topological polar surface area (TPSA) is 19.0 Å². The highest BCUT2D eigenvalue weighted by atomic mass is 19.1. The summed E-state index contributed by atoms with van der Waals surface area (Å²) in [6, 6.07) is 12.9. The molecule has 1 spiro atoms. The Labute approximate surface area is 164 Å². The van der Waals surface area contributed by atoms with Gasteiger partial charge < -0.3 is 4.98 Å². The van der Waals surface area contributed by atoms with Gasteiger partial charge in [-0.2, -0.15) is 0 Å². The molecular formula is C25H23FN2. The Balaban J connectivity index is 1.56. The van der Waals surface area contributed by atoms with Crippen LogP contribution in [0.4, 0.5) is 4.39 Å². The standard InChI is InChI=1S/C25H23FN2/c1-3-14-9-18-21(19(26)10-14)24-23-17(16-6-4-5-7-20(16)27-23)8-13(2)28(24)25-11-15(12-25)22(18)25/h3-7,9-10,13,15,22,24,27H,1,8,11-12H2,2H3/t13-,15?,22?,24-,25?/m0/s1. The van der Waals surface area contributed by atoms with E-state index < -0.39 is 0 Å². The van der Waals surface area contributed by atoms with Crippen molar-refractivity contribution in [2.75, 3.05) is 0 Å². The first-order valence-electron chi connectivity index (χ1n) is 10.5. The fraction of sp³-hybridized carbons (Fsp3) is 0.360. The summed E-state index contributed by atoms with van der Waals surface area (Å²) in [5, 5.41) is 1.30. The predicted octanol–water partition coefficient (Wildman–Crippen LogP) is 5.55. The van der Waals surface area contributed by atoms with Crippen LogP contribution in [0.1, 0.15) is 59.7 Å². The maximum absolute atomic E-state index is 15.5. The molecule has 3 aliphatic carbocycles. The average Bonchev–Trinajstić information content (AvgIpc) is 2.99. The van der Waals surface area contributed by atoms with Crippen LogP contribution in [0.15, 0.2) is 43.0 Å². The molecule has 2 bridgehead atoms. The zero-order valence-electron chi connectivity index (χ0n) is 16.0. The first kappa shape index (κ1) is 15.5. The number of halogens is 1. The Morgan fingerprint density at radius 3 is 2.82 bits per heavy atom. The van der Waals surface area contributed by atoms with Crippen LogP contribution < -0.4 is 0 Å². The van der Waals surface area contributed by atoms with Gasteiger partial charge in [0.2, 0.25) is 0 Å². The van der Waals surface area contributed by atoms with Gasteiger partial charge in [0, 0.05) is 39.7 Å². The van der Waals surface area contributed by atoms with E-state index in [0.29, 0.717) is 12.0 Å². The van der Waals surface area contributed by atoms with E-state index in [9.17, 15) is 0 Å². The zero-order chi connectivity index (χ0) is 18.8. The maximum atomic E-state index is 15.5. The van der Waals surface area contributed by atoms with Gasteiger partial charge in [-0.25, -0.2) is 4.39 Å². The van der Waals surface area contributed by atoms with E-state index in [1.165, 1.54) is 40.6 Å². The van der Waals surface area contributed by atoms with Crippen molar-refractivity contribution in [2.45, 2.75) is 49.7 Å². The Morgan fingerprint density at radius 2 is 2.07 bits per heavy atom. The Hall–Kier alpha value is -2.39. The van der Waals surface area contributed by atoms with E-state index in [0.717, 1.165) is 23.5 Å². The van der Waals surface area contributed by atoms with Gasteiger partial charge in [0.1, 0.15) is 5.82 Å². The molecule has 1 unspecified atom stereocenters. The highest BCUT2D eigenvalue weighted by Gasteiger charge is 2.73. The second-order valence-electron chi connectivity index (χ2n) is 9.39. The van der Waals surface area contributed by atoms with Crippen molar-refractivity contribution < 1.29 is 4.39 Å². The van der Waals surface area contributed by atoms with Crippen LogP contribution >= 0.6 is 0 Å². The molecule has 28 heavy (non-hydrogen) atoms. The maximum Gasteiger partial charge on any atom is 0.129 e. The van der Waals surface area contributed by atoms with E-state index >= 15 is 4.39 Å². The van der Waals surface area contributed by atoms with E-state index in [-0.39, 0.29) is 17.4 Å². The number of benzene rings is 2. The summed E-state index contributed by atoms with van der Waals surface area (Å²) in [5.74, 6) is 1.17. The molecule has 140 valence electrons. The predicted molar refractivity (Wildman–Crippen MR) is 110 cm³/mol. The molecule has 8 rings (SSSR count). The van der Waals surface area contributed by atoms with Gasteiger partial charge >= 0.3 is 0 Å². The van der Waals surface area contributed by atoms with E-state index in [2.05, 4.69) is 53.7 Å². The molecule has 1 aromatic heterocycles. The number of hydrogen-bond donors (Lipinski definition) is 1. The zero-order valence-corrected chi connectivity index (χ0v) is 16.0. The number of rotatable bonds is 1. The van der Waals surface area contributed by atoms with Gasteiger partial charge in [0.05, 0.1) is 6.04 Å². The molecule has 3 fully saturated rings. The molecule has 2 aromatic carbocycles. The Bertz CT molecular complexity index is 1180. The van der Waals surface area contributed by atoms with Gasteiger partial charge in [-0.3, -0.25) is 4.90 Å². The largest absolute Gasteiger partial charge is 0.357 e. The van der Waals surface area contributed by atoms with Crippen molar-refractivity contribution in [3.05, 3.63) is 76.7 Å². The van der Waals surface area contributed by atoms with Crippen LogP contribution in [-0.4, -0.2) is 21.5 Å². The number of nitrogens with zero attached hydrogens (tertiary/aromatic N) is 1. The van der Waals surface area contributed by atoms with Crippen molar-refractivity contribution in [3.8, 4) is 0 Å². The quantitative estimate of drug-likeness (QED) is 0.595. The Morgan fingerprint density at radius 1 is 1.25 bits per heavy atom. The summed E-state index contributed by atoms with van der Waals surface area (Å²) in [7, 11) is 0. The lowest BCUT2D eigenvalue weighted by Crippen LogP contribution is -2.78. The third-order valence-corrected chi connectivity index (χ3v) is 8.20. The molecule has 3 aromatic rings. The summed E-state index contributed by atoms with van der Waals surface area (Å²) >= 11 is 0. The molecule has 3 saturated carbocycles. The number of hydrogen-bond acceptors (Lipinski definition) is 1. The molecule has 2 nitrogen and oxygen atoms in total. The third kappa shape index (κ3) is 1.54. The molecule has 2 aliphatic heterocycles. The summed E-state index contributed by atoms with van der Waals surface area (Å²) in [6.45, 7) is 6.23. The molecule has 5 aliphatic rings. The molecular weight excluding hydrogens is 347 g/mol. The molecule has 0 amide bonds. The fourth-order valence-corrected chi connectivity index (χ4v) is 7.14. The summed E-state index contributed by atoms with van der Waals surface area (Å²) in [6.07, 6.45) is 5.36. The van der Waals surface area contributed by atoms with Crippen LogP contribution in [0.2, 0.25) is 0 Å². The third-order valence-electron chi connectivity index (χ3n) is 8.20. The van der Waals surface area contributed by atoms with Gasteiger partial charge in [-0.05, 0) is 60.9 Å². The fourth-order valence-electron chi connectivity index (χ4n) is 7.14. The molecule has 0 radical (unpaired) electrons.